The summed E-state index contributed by atoms with van der Waals surface area (Å²) in [6.07, 6.45) is 1.43. The molecule has 0 aromatic heterocycles. The van der Waals surface area contributed by atoms with Gasteiger partial charge < -0.3 is 14.7 Å². The van der Waals surface area contributed by atoms with Crippen molar-refractivity contribution in [1.82, 2.24) is 4.90 Å². The van der Waals surface area contributed by atoms with Gasteiger partial charge in [0.25, 0.3) is 0 Å². The van der Waals surface area contributed by atoms with Crippen LogP contribution in [0.4, 0.5) is 0 Å². The fourth-order valence-electron chi connectivity index (χ4n) is 3.21. The van der Waals surface area contributed by atoms with Gasteiger partial charge >= 0.3 is 5.97 Å². The average molecular weight is 354 g/mol. The lowest BCUT2D eigenvalue weighted by Gasteiger charge is -2.28. The Bertz CT molecular complexity index is 631. The van der Waals surface area contributed by atoms with Crippen LogP contribution in [0.2, 0.25) is 5.02 Å². The molecule has 1 heterocycles. The van der Waals surface area contributed by atoms with Crippen LogP contribution in [0.15, 0.2) is 18.2 Å². The van der Waals surface area contributed by atoms with Crippen molar-refractivity contribution in [2.45, 2.75) is 33.1 Å². The number of halogens is 1. The molecule has 0 spiro atoms. The standard InChI is InChI=1S/C18H24ClNO4/c1-12(2)18(17(22)23)8-9-20(11-18)16(21)7-5-13-4-6-15(24-3)14(19)10-13/h4,6,10,12H,5,7-9,11H2,1-3H3,(H,22,23). The van der Waals surface area contributed by atoms with E-state index in [1.807, 2.05) is 19.9 Å². The van der Waals surface area contributed by atoms with Gasteiger partial charge in [-0.1, -0.05) is 31.5 Å². The Hall–Kier alpha value is -1.75. The van der Waals surface area contributed by atoms with Crippen molar-refractivity contribution in [3.63, 3.8) is 0 Å². The SMILES string of the molecule is COc1ccc(CCC(=O)N2CCC(C(=O)O)(C(C)C)C2)cc1Cl. The maximum Gasteiger partial charge on any atom is 0.311 e. The number of benzene rings is 1. The van der Waals surface area contributed by atoms with E-state index in [1.165, 1.54) is 0 Å². The van der Waals surface area contributed by atoms with Gasteiger partial charge in [0.2, 0.25) is 5.91 Å². The first-order chi connectivity index (χ1) is 11.3. The molecule has 1 aromatic rings. The molecule has 6 heteroatoms. The van der Waals surface area contributed by atoms with Crippen molar-refractivity contribution in [1.29, 1.82) is 0 Å². The third-order valence-electron chi connectivity index (χ3n) is 5.03. The van der Waals surface area contributed by atoms with E-state index in [4.69, 9.17) is 16.3 Å². The molecular weight excluding hydrogens is 330 g/mol. The molecule has 0 bridgehead atoms. The zero-order valence-electron chi connectivity index (χ0n) is 14.3. The lowest BCUT2D eigenvalue weighted by Crippen LogP contribution is -2.40. The number of aliphatic carboxylic acids is 1. The monoisotopic (exact) mass is 353 g/mol. The van der Waals surface area contributed by atoms with E-state index in [0.717, 1.165) is 5.56 Å². The molecule has 0 aliphatic carbocycles. The second-order valence-corrected chi connectivity index (χ2v) is 7.06. The van der Waals surface area contributed by atoms with Gasteiger partial charge in [-0.15, -0.1) is 0 Å². The molecule has 0 saturated carbocycles. The van der Waals surface area contributed by atoms with E-state index in [0.29, 0.717) is 43.1 Å². The predicted octanol–water partition coefficient (Wildman–Crippen LogP) is 3.24. The fourth-order valence-corrected chi connectivity index (χ4v) is 3.49. The summed E-state index contributed by atoms with van der Waals surface area (Å²) in [4.78, 5) is 25.8. The summed E-state index contributed by atoms with van der Waals surface area (Å²) in [5.74, 6) is -0.219. The van der Waals surface area contributed by atoms with E-state index >= 15 is 0 Å². The molecule has 24 heavy (non-hydrogen) atoms. The number of rotatable bonds is 6. The second kappa shape index (κ2) is 7.43. The highest BCUT2D eigenvalue weighted by atomic mass is 35.5. The van der Waals surface area contributed by atoms with Gasteiger partial charge in [0.1, 0.15) is 5.75 Å². The molecule has 1 amide bonds. The summed E-state index contributed by atoms with van der Waals surface area (Å²) in [7, 11) is 1.56. The molecule has 1 aliphatic rings. The van der Waals surface area contributed by atoms with Crippen LogP contribution in [-0.2, 0) is 16.0 Å². The summed E-state index contributed by atoms with van der Waals surface area (Å²) < 4.78 is 5.11. The first-order valence-electron chi connectivity index (χ1n) is 8.13. The van der Waals surface area contributed by atoms with E-state index < -0.39 is 11.4 Å². The Labute approximate surface area is 147 Å². The number of hydrogen-bond donors (Lipinski definition) is 1. The number of carbonyl (C=O) groups is 2. The summed E-state index contributed by atoms with van der Waals surface area (Å²) in [6.45, 7) is 4.61. The molecule has 1 fully saturated rings. The van der Waals surface area contributed by atoms with Crippen molar-refractivity contribution < 1.29 is 19.4 Å². The van der Waals surface area contributed by atoms with Crippen molar-refractivity contribution >= 4 is 23.5 Å². The number of carboxylic acids is 1. The lowest BCUT2D eigenvalue weighted by atomic mass is 9.76. The molecule has 5 nitrogen and oxygen atoms in total. The summed E-state index contributed by atoms with van der Waals surface area (Å²) >= 11 is 6.09. The topological polar surface area (TPSA) is 66.8 Å². The minimum Gasteiger partial charge on any atom is -0.495 e. The van der Waals surface area contributed by atoms with Crippen LogP contribution in [-0.4, -0.2) is 42.1 Å². The number of likely N-dealkylation sites (tertiary alicyclic amines) is 1. The molecule has 2 rings (SSSR count). The zero-order chi connectivity index (χ0) is 17.9. The Balaban J connectivity index is 1.96. The number of carbonyl (C=O) groups excluding carboxylic acids is 1. The molecule has 1 unspecified atom stereocenters. The van der Waals surface area contributed by atoms with Crippen LogP contribution >= 0.6 is 11.6 Å². The third kappa shape index (κ3) is 3.66. The van der Waals surface area contributed by atoms with Gasteiger partial charge in [0.05, 0.1) is 17.5 Å². The van der Waals surface area contributed by atoms with Crippen LogP contribution < -0.4 is 4.74 Å². The van der Waals surface area contributed by atoms with Crippen LogP contribution in [0.5, 0.6) is 5.75 Å². The summed E-state index contributed by atoms with van der Waals surface area (Å²) in [5.41, 5.74) is 0.140. The first-order valence-corrected chi connectivity index (χ1v) is 8.51. The molecular formula is C18H24ClNO4. The number of methoxy groups -OCH3 is 1. The maximum atomic E-state index is 12.4. The van der Waals surface area contributed by atoms with Crippen LogP contribution in [0.1, 0.15) is 32.3 Å². The number of carboxylic acid groups (broad SMARTS) is 1. The molecule has 1 atom stereocenters. The van der Waals surface area contributed by atoms with Gasteiger partial charge in [0.15, 0.2) is 0 Å². The Morgan fingerprint density at radius 3 is 2.62 bits per heavy atom. The van der Waals surface area contributed by atoms with E-state index in [-0.39, 0.29) is 11.8 Å². The highest BCUT2D eigenvalue weighted by molar-refractivity contribution is 6.32. The molecule has 1 aliphatic heterocycles. The van der Waals surface area contributed by atoms with E-state index in [2.05, 4.69) is 0 Å². The maximum absolute atomic E-state index is 12.4. The summed E-state index contributed by atoms with van der Waals surface area (Å²) in [5, 5.41) is 10.1. The number of aryl methyl sites for hydroxylation is 1. The van der Waals surface area contributed by atoms with Gasteiger partial charge in [-0.25, -0.2) is 0 Å². The van der Waals surface area contributed by atoms with Crippen LogP contribution in [0.3, 0.4) is 0 Å². The van der Waals surface area contributed by atoms with Crippen LogP contribution in [0, 0.1) is 11.3 Å². The Kier molecular flexibility index (Phi) is 5.75. The number of hydrogen-bond acceptors (Lipinski definition) is 3. The Morgan fingerprint density at radius 2 is 2.12 bits per heavy atom. The van der Waals surface area contributed by atoms with Crippen molar-refractivity contribution in [3.8, 4) is 5.75 Å². The van der Waals surface area contributed by atoms with E-state index in [1.54, 1.807) is 24.1 Å². The average Bonchev–Trinajstić information content (AvgIpc) is 2.99. The zero-order valence-corrected chi connectivity index (χ0v) is 15.1. The fraction of sp³-hybridized carbons (Fsp3) is 0.556. The van der Waals surface area contributed by atoms with Crippen LogP contribution in [0.25, 0.3) is 0 Å². The molecule has 1 N–H and O–H groups in total. The molecule has 0 radical (unpaired) electrons. The van der Waals surface area contributed by atoms with Crippen molar-refractivity contribution in [3.05, 3.63) is 28.8 Å². The minimum atomic E-state index is -0.820. The van der Waals surface area contributed by atoms with Gasteiger partial charge in [-0.3, -0.25) is 9.59 Å². The predicted molar refractivity (Wildman–Crippen MR) is 92.4 cm³/mol. The molecule has 1 saturated heterocycles. The van der Waals surface area contributed by atoms with Crippen molar-refractivity contribution in [2.24, 2.45) is 11.3 Å². The van der Waals surface area contributed by atoms with Gasteiger partial charge in [-0.05, 0) is 36.5 Å². The normalized spacial score (nSPS) is 20.5. The quantitative estimate of drug-likeness (QED) is 0.852. The van der Waals surface area contributed by atoms with Crippen molar-refractivity contribution in [2.75, 3.05) is 20.2 Å². The van der Waals surface area contributed by atoms with Gasteiger partial charge in [0, 0.05) is 19.5 Å². The smallest absolute Gasteiger partial charge is 0.311 e. The number of nitrogens with zero attached hydrogens (tertiary/aromatic N) is 1. The first kappa shape index (κ1) is 18.6. The van der Waals surface area contributed by atoms with Gasteiger partial charge in [-0.2, -0.15) is 0 Å². The third-order valence-corrected chi connectivity index (χ3v) is 5.32. The van der Waals surface area contributed by atoms with E-state index in [9.17, 15) is 14.7 Å². The minimum absolute atomic E-state index is 0.00630. The highest BCUT2D eigenvalue weighted by Crippen LogP contribution is 2.38. The number of amides is 1. The largest absolute Gasteiger partial charge is 0.495 e. The second-order valence-electron chi connectivity index (χ2n) is 6.65. The molecule has 1 aromatic carbocycles. The molecule has 132 valence electrons. The lowest BCUT2D eigenvalue weighted by molar-refractivity contribution is -0.151. The number of ether oxygens (including phenoxy) is 1. The summed E-state index contributed by atoms with van der Waals surface area (Å²) in [6, 6.07) is 5.47. The highest BCUT2D eigenvalue weighted by Gasteiger charge is 2.48. The Morgan fingerprint density at radius 1 is 1.42 bits per heavy atom.